The third-order valence-corrected chi connectivity index (χ3v) is 4.79. The molecule has 4 aromatic carbocycles. The van der Waals surface area contributed by atoms with E-state index in [0.29, 0.717) is 0 Å². The van der Waals surface area contributed by atoms with Gasteiger partial charge in [0.1, 0.15) is 0 Å². The van der Waals surface area contributed by atoms with Crippen LogP contribution in [0.2, 0.25) is 0 Å². The first kappa shape index (κ1) is 13.3. The van der Waals surface area contributed by atoms with Crippen LogP contribution in [-0.2, 0) is 6.61 Å². The van der Waals surface area contributed by atoms with E-state index in [4.69, 9.17) is 0 Å². The van der Waals surface area contributed by atoms with E-state index in [1.54, 1.807) is 0 Å². The van der Waals surface area contributed by atoms with Crippen LogP contribution < -0.4 is 0 Å². The first-order valence-corrected chi connectivity index (χ1v) is 7.65. The van der Waals surface area contributed by atoms with Crippen LogP contribution >= 0.6 is 0 Å². The molecule has 0 spiro atoms. The zero-order valence-electron chi connectivity index (χ0n) is 12.9. The van der Waals surface area contributed by atoms with E-state index < -0.39 is 0 Å². The minimum Gasteiger partial charge on any atom is -0.392 e. The lowest BCUT2D eigenvalue weighted by Gasteiger charge is -2.16. The van der Waals surface area contributed by atoms with Crippen molar-refractivity contribution in [2.45, 2.75) is 20.5 Å². The number of rotatable bonds is 1. The van der Waals surface area contributed by atoms with Crippen molar-refractivity contribution in [2.24, 2.45) is 0 Å². The molecule has 0 saturated heterocycles. The summed E-state index contributed by atoms with van der Waals surface area (Å²) in [7, 11) is 0. The van der Waals surface area contributed by atoms with Crippen LogP contribution in [0.15, 0.2) is 54.6 Å². The van der Waals surface area contributed by atoms with Crippen molar-refractivity contribution >= 4 is 32.3 Å². The Kier molecular flexibility index (Phi) is 2.91. The lowest BCUT2D eigenvalue weighted by molar-refractivity contribution is 0.285. The van der Waals surface area contributed by atoms with Crippen LogP contribution in [0.4, 0.5) is 0 Å². The number of aryl methyl sites for hydroxylation is 2. The highest BCUT2D eigenvalue weighted by Crippen LogP contribution is 2.37. The maximum absolute atomic E-state index is 9.95. The van der Waals surface area contributed by atoms with Crippen molar-refractivity contribution < 1.29 is 5.11 Å². The summed E-state index contributed by atoms with van der Waals surface area (Å²) in [6.45, 7) is 4.40. The van der Waals surface area contributed by atoms with Crippen molar-refractivity contribution in [1.82, 2.24) is 0 Å². The van der Waals surface area contributed by atoms with Gasteiger partial charge in [-0.2, -0.15) is 0 Å². The normalized spacial score (nSPS) is 11.6. The summed E-state index contributed by atoms with van der Waals surface area (Å²) in [5.41, 5.74) is 3.61. The van der Waals surface area contributed by atoms with E-state index in [2.05, 4.69) is 62.4 Å². The monoisotopic (exact) mass is 286 g/mol. The molecule has 22 heavy (non-hydrogen) atoms. The number of aliphatic hydroxyl groups excluding tert-OH is 1. The van der Waals surface area contributed by atoms with Gasteiger partial charge in [-0.15, -0.1) is 0 Å². The Hall–Kier alpha value is -2.38. The second-order valence-electron chi connectivity index (χ2n) is 5.97. The van der Waals surface area contributed by atoms with Crippen molar-refractivity contribution in [3.8, 4) is 0 Å². The van der Waals surface area contributed by atoms with Gasteiger partial charge in [-0.3, -0.25) is 0 Å². The van der Waals surface area contributed by atoms with Crippen molar-refractivity contribution in [1.29, 1.82) is 0 Å². The molecule has 0 amide bonds. The minimum absolute atomic E-state index is 0.0641. The summed E-state index contributed by atoms with van der Waals surface area (Å²) < 4.78 is 0. The number of benzene rings is 4. The molecular formula is C21H18O. The predicted molar refractivity (Wildman–Crippen MR) is 94.4 cm³/mol. The van der Waals surface area contributed by atoms with Gasteiger partial charge in [0.05, 0.1) is 6.61 Å². The smallest absolute Gasteiger partial charge is 0.0693 e. The molecule has 108 valence electrons. The highest BCUT2D eigenvalue weighted by Gasteiger charge is 2.13. The van der Waals surface area contributed by atoms with Gasteiger partial charge in [-0.25, -0.2) is 0 Å². The fourth-order valence-electron chi connectivity index (χ4n) is 3.69. The molecule has 0 radical (unpaired) electrons. The molecule has 0 heterocycles. The summed E-state index contributed by atoms with van der Waals surface area (Å²) in [4.78, 5) is 0. The molecule has 0 fully saturated rings. The number of hydrogen-bond donors (Lipinski definition) is 1. The van der Waals surface area contributed by atoms with E-state index in [1.165, 1.54) is 32.7 Å². The Labute approximate surface area is 129 Å². The molecule has 1 heteroatoms. The second kappa shape index (κ2) is 4.82. The molecular weight excluding hydrogens is 268 g/mol. The molecule has 4 aromatic rings. The molecule has 4 rings (SSSR count). The Morgan fingerprint density at radius 1 is 0.682 bits per heavy atom. The zero-order valence-corrected chi connectivity index (χ0v) is 12.9. The van der Waals surface area contributed by atoms with Crippen molar-refractivity contribution in [3.05, 3.63) is 71.3 Å². The molecule has 1 N–H and O–H groups in total. The van der Waals surface area contributed by atoms with Crippen molar-refractivity contribution in [3.63, 3.8) is 0 Å². The largest absolute Gasteiger partial charge is 0.392 e. The van der Waals surface area contributed by atoms with Crippen molar-refractivity contribution in [2.75, 3.05) is 0 Å². The van der Waals surface area contributed by atoms with Crippen LogP contribution in [0.1, 0.15) is 16.7 Å². The third-order valence-electron chi connectivity index (χ3n) is 4.79. The highest BCUT2D eigenvalue weighted by atomic mass is 16.3. The van der Waals surface area contributed by atoms with E-state index in [0.717, 1.165) is 16.3 Å². The van der Waals surface area contributed by atoms with Crippen LogP contribution in [0.25, 0.3) is 32.3 Å². The highest BCUT2D eigenvalue weighted by molar-refractivity contribution is 6.17. The minimum atomic E-state index is 0.0641. The maximum Gasteiger partial charge on any atom is 0.0693 e. The summed E-state index contributed by atoms with van der Waals surface area (Å²) >= 11 is 0. The molecule has 0 aliphatic heterocycles. The molecule has 0 aliphatic rings. The molecule has 0 aromatic heterocycles. The van der Waals surface area contributed by atoms with Gasteiger partial charge >= 0.3 is 0 Å². The lowest BCUT2D eigenvalue weighted by Crippen LogP contribution is -1.94. The molecule has 0 aliphatic carbocycles. The lowest BCUT2D eigenvalue weighted by atomic mass is 9.89. The number of hydrogen-bond acceptors (Lipinski definition) is 1. The van der Waals surface area contributed by atoms with Crippen LogP contribution in [-0.4, -0.2) is 5.11 Å². The Balaban J connectivity index is 2.36. The number of fused-ring (bicyclic) bond motifs is 4. The van der Waals surface area contributed by atoms with Gasteiger partial charge in [0.15, 0.2) is 0 Å². The van der Waals surface area contributed by atoms with Crippen LogP contribution in [0.5, 0.6) is 0 Å². The first-order valence-electron chi connectivity index (χ1n) is 7.65. The summed E-state index contributed by atoms with van der Waals surface area (Å²) in [6, 6.07) is 19.2. The van der Waals surface area contributed by atoms with Gasteiger partial charge < -0.3 is 5.11 Å². The van der Waals surface area contributed by atoms with Crippen LogP contribution in [0.3, 0.4) is 0 Å². The molecule has 0 atom stereocenters. The molecule has 0 unspecified atom stereocenters. The summed E-state index contributed by atoms with van der Waals surface area (Å²) in [5, 5.41) is 17.3. The topological polar surface area (TPSA) is 20.2 Å². The second-order valence-corrected chi connectivity index (χ2v) is 5.97. The third kappa shape index (κ3) is 1.69. The molecule has 1 nitrogen and oxygen atoms in total. The summed E-state index contributed by atoms with van der Waals surface area (Å²) in [6.07, 6.45) is 0. The van der Waals surface area contributed by atoms with Gasteiger partial charge in [0.25, 0.3) is 0 Å². The van der Waals surface area contributed by atoms with Crippen LogP contribution in [0, 0.1) is 13.8 Å². The molecule has 0 bridgehead atoms. The fourth-order valence-corrected chi connectivity index (χ4v) is 3.69. The Bertz CT molecular complexity index is 1030. The van der Waals surface area contributed by atoms with Gasteiger partial charge in [-0.05, 0) is 62.9 Å². The van der Waals surface area contributed by atoms with Gasteiger partial charge in [-0.1, -0.05) is 54.6 Å². The van der Waals surface area contributed by atoms with E-state index in [9.17, 15) is 5.11 Å². The number of aliphatic hydroxyl groups is 1. The van der Waals surface area contributed by atoms with Gasteiger partial charge in [0, 0.05) is 0 Å². The Morgan fingerprint density at radius 2 is 1.36 bits per heavy atom. The molecule has 0 saturated carbocycles. The standard InChI is InChI=1S/C21H18O/c1-13-6-5-9-18-15(13)10-11-19-20(12-22)17-8-4-3-7-16(17)14(2)21(18)19/h3-11,22H,12H2,1-2H3. The van der Waals surface area contributed by atoms with E-state index in [-0.39, 0.29) is 6.61 Å². The Morgan fingerprint density at radius 3 is 2.14 bits per heavy atom. The zero-order chi connectivity index (χ0) is 15.3. The van der Waals surface area contributed by atoms with E-state index >= 15 is 0 Å². The summed E-state index contributed by atoms with van der Waals surface area (Å²) in [5.74, 6) is 0. The predicted octanol–water partition coefficient (Wildman–Crippen LogP) is 5.26. The average Bonchev–Trinajstić information content (AvgIpc) is 2.55. The SMILES string of the molecule is Cc1cccc2c1ccc1c(CO)c3ccccc3c(C)c12. The first-order chi connectivity index (χ1) is 10.7. The van der Waals surface area contributed by atoms with E-state index in [1.807, 2.05) is 6.07 Å². The van der Waals surface area contributed by atoms with Gasteiger partial charge in [0.2, 0.25) is 0 Å². The quantitative estimate of drug-likeness (QED) is 0.374. The maximum atomic E-state index is 9.95. The fraction of sp³-hybridized carbons (Fsp3) is 0.143. The average molecular weight is 286 g/mol.